The molecule has 3 aliphatic carbocycles. The van der Waals surface area contributed by atoms with E-state index in [1.165, 1.54) is 11.1 Å². The van der Waals surface area contributed by atoms with Crippen molar-refractivity contribution in [1.82, 2.24) is 0 Å². The molecular weight excluding hydrogens is 376 g/mol. The van der Waals surface area contributed by atoms with Crippen LogP contribution in [0.25, 0.3) is 0 Å². The predicted molar refractivity (Wildman–Crippen MR) is 114 cm³/mol. The van der Waals surface area contributed by atoms with Crippen LogP contribution in [-0.4, -0.2) is 22.3 Å². The Balaban J connectivity index is 1.35. The first-order chi connectivity index (χ1) is 14.5. The summed E-state index contributed by atoms with van der Waals surface area (Å²) in [6, 6.07) is 16.7. The molecule has 4 nitrogen and oxygen atoms in total. The van der Waals surface area contributed by atoms with Gasteiger partial charge in [-0.25, -0.2) is 0 Å². The van der Waals surface area contributed by atoms with Gasteiger partial charge in [0.25, 0.3) is 0 Å². The average molecular weight is 407 g/mol. The number of aliphatic hydroxyl groups excluding tert-OH is 1. The number of ether oxygens (including phenoxy) is 1. The first kappa shape index (κ1) is 19.6. The number of carboxylic acids is 1. The third-order valence-corrected chi connectivity index (χ3v) is 8.27. The molecule has 0 radical (unpaired) electrons. The number of fused-ring (bicyclic) bond motifs is 5. The highest BCUT2D eigenvalue weighted by molar-refractivity contribution is 5.71. The Bertz CT molecular complexity index is 939. The Morgan fingerprint density at radius 3 is 2.73 bits per heavy atom. The third kappa shape index (κ3) is 3.13. The summed E-state index contributed by atoms with van der Waals surface area (Å²) in [4.78, 5) is 11.7. The summed E-state index contributed by atoms with van der Waals surface area (Å²) < 4.78 is 6.04. The summed E-state index contributed by atoms with van der Waals surface area (Å²) in [5, 5.41) is 20.4. The van der Waals surface area contributed by atoms with Crippen molar-refractivity contribution in [2.45, 2.75) is 57.7 Å². The molecule has 4 heteroatoms. The zero-order valence-corrected chi connectivity index (χ0v) is 17.5. The van der Waals surface area contributed by atoms with Crippen molar-refractivity contribution in [1.29, 1.82) is 0 Å². The van der Waals surface area contributed by atoms with Crippen molar-refractivity contribution in [2.24, 2.45) is 23.2 Å². The number of rotatable bonds is 4. The molecule has 0 bridgehead atoms. The minimum Gasteiger partial charge on any atom is -0.489 e. The summed E-state index contributed by atoms with van der Waals surface area (Å²) in [5.41, 5.74) is 3.68. The number of carbonyl (C=O) groups is 1. The molecule has 158 valence electrons. The van der Waals surface area contributed by atoms with Crippen molar-refractivity contribution < 1.29 is 19.7 Å². The van der Waals surface area contributed by atoms with E-state index in [1.807, 2.05) is 18.2 Å². The van der Waals surface area contributed by atoms with Crippen LogP contribution in [0.3, 0.4) is 0 Å². The molecule has 3 aliphatic rings. The van der Waals surface area contributed by atoms with Gasteiger partial charge in [0.05, 0.1) is 12.0 Å². The largest absolute Gasteiger partial charge is 0.489 e. The molecule has 5 rings (SSSR count). The molecule has 2 aromatic carbocycles. The van der Waals surface area contributed by atoms with Crippen LogP contribution >= 0.6 is 0 Å². The topological polar surface area (TPSA) is 66.8 Å². The molecule has 2 N–H and O–H groups in total. The van der Waals surface area contributed by atoms with Gasteiger partial charge in [0.1, 0.15) is 12.4 Å². The van der Waals surface area contributed by atoms with E-state index in [0.717, 1.165) is 37.0 Å². The zero-order chi connectivity index (χ0) is 20.9. The molecule has 0 heterocycles. The molecular formula is C26H30O4. The molecule has 2 aromatic rings. The number of benzene rings is 2. The maximum Gasteiger partial charge on any atom is 0.309 e. The number of hydrogen-bond donors (Lipinski definition) is 2. The highest BCUT2D eigenvalue weighted by Gasteiger charge is 2.59. The monoisotopic (exact) mass is 406 g/mol. The van der Waals surface area contributed by atoms with Gasteiger partial charge in [0, 0.05) is 0 Å². The number of aliphatic carboxylic acids is 1. The lowest BCUT2D eigenvalue weighted by Gasteiger charge is -2.50. The Morgan fingerprint density at radius 2 is 1.97 bits per heavy atom. The second kappa shape index (κ2) is 7.42. The molecule has 0 spiro atoms. The Morgan fingerprint density at radius 1 is 1.17 bits per heavy atom. The second-order valence-electron chi connectivity index (χ2n) is 9.72. The van der Waals surface area contributed by atoms with Crippen LogP contribution in [0.2, 0.25) is 0 Å². The van der Waals surface area contributed by atoms with Gasteiger partial charge >= 0.3 is 5.97 Å². The second-order valence-corrected chi connectivity index (χ2v) is 9.72. The zero-order valence-electron chi connectivity index (χ0n) is 17.5. The van der Waals surface area contributed by atoms with E-state index >= 15 is 0 Å². The van der Waals surface area contributed by atoms with Crippen molar-refractivity contribution >= 4 is 5.97 Å². The Hall–Kier alpha value is -2.33. The van der Waals surface area contributed by atoms with Crippen molar-refractivity contribution in [3.05, 3.63) is 65.2 Å². The van der Waals surface area contributed by atoms with Gasteiger partial charge in [-0.1, -0.05) is 43.3 Å². The number of aryl methyl sites for hydroxylation is 1. The SMILES string of the molecule is CC12CCC3c4ccc(OCc5ccccc5)cc4CCC3C1CC(C(=O)O)C2O. The minimum atomic E-state index is -0.842. The van der Waals surface area contributed by atoms with Crippen LogP contribution in [0.1, 0.15) is 55.2 Å². The molecule has 2 fully saturated rings. The molecule has 6 unspecified atom stereocenters. The fourth-order valence-electron chi connectivity index (χ4n) is 6.65. The molecule has 2 saturated carbocycles. The summed E-state index contributed by atoms with van der Waals surface area (Å²) in [6.07, 6.45) is 3.88. The quantitative estimate of drug-likeness (QED) is 0.766. The highest BCUT2D eigenvalue weighted by Crippen LogP contribution is 2.62. The van der Waals surface area contributed by atoms with Crippen LogP contribution in [0, 0.1) is 23.2 Å². The van der Waals surface area contributed by atoms with E-state index in [0.29, 0.717) is 24.9 Å². The summed E-state index contributed by atoms with van der Waals surface area (Å²) in [6.45, 7) is 2.69. The molecule has 0 aliphatic heterocycles. The van der Waals surface area contributed by atoms with Gasteiger partial charge < -0.3 is 14.9 Å². The van der Waals surface area contributed by atoms with Gasteiger partial charge in [-0.05, 0) is 84.1 Å². The normalized spacial score (nSPS) is 34.5. The first-order valence-corrected chi connectivity index (χ1v) is 11.2. The van der Waals surface area contributed by atoms with Gasteiger partial charge in [-0.15, -0.1) is 0 Å². The third-order valence-electron chi connectivity index (χ3n) is 8.27. The minimum absolute atomic E-state index is 0.263. The van der Waals surface area contributed by atoms with Crippen LogP contribution in [-0.2, 0) is 17.8 Å². The predicted octanol–water partition coefficient (Wildman–Crippen LogP) is 4.79. The van der Waals surface area contributed by atoms with Gasteiger partial charge in [0.2, 0.25) is 0 Å². The summed E-state index contributed by atoms with van der Waals surface area (Å²) >= 11 is 0. The van der Waals surface area contributed by atoms with Gasteiger partial charge in [0.15, 0.2) is 0 Å². The van der Waals surface area contributed by atoms with E-state index in [-0.39, 0.29) is 11.3 Å². The summed E-state index contributed by atoms with van der Waals surface area (Å²) in [5.74, 6) is 0.675. The lowest BCUT2D eigenvalue weighted by atomic mass is 9.55. The Labute approximate surface area is 177 Å². The number of aliphatic hydroxyl groups is 1. The molecule has 6 atom stereocenters. The summed E-state index contributed by atoms with van der Waals surface area (Å²) in [7, 11) is 0. The van der Waals surface area contributed by atoms with E-state index < -0.39 is 18.0 Å². The van der Waals surface area contributed by atoms with Crippen LogP contribution in [0.15, 0.2) is 48.5 Å². The molecule has 0 amide bonds. The van der Waals surface area contributed by atoms with Crippen LogP contribution in [0.4, 0.5) is 0 Å². The average Bonchev–Trinajstić information content (AvgIpc) is 3.04. The van der Waals surface area contributed by atoms with Crippen molar-refractivity contribution in [3.63, 3.8) is 0 Å². The van der Waals surface area contributed by atoms with E-state index in [4.69, 9.17) is 4.74 Å². The molecule has 0 aromatic heterocycles. The van der Waals surface area contributed by atoms with Gasteiger partial charge in [-0.2, -0.15) is 0 Å². The van der Waals surface area contributed by atoms with Crippen molar-refractivity contribution in [3.8, 4) is 5.75 Å². The standard InChI is InChI=1S/C26H30O4/c1-26-12-11-20-19-10-8-18(30-15-16-5-3-2-4-6-16)13-17(19)7-9-21(20)23(26)14-22(24(26)27)25(28)29/h2-6,8,10,13,20-24,27H,7,9,11-12,14-15H2,1H3,(H,28,29). The van der Waals surface area contributed by atoms with Crippen LogP contribution < -0.4 is 4.74 Å². The van der Waals surface area contributed by atoms with Gasteiger partial charge in [-0.3, -0.25) is 4.79 Å². The first-order valence-electron chi connectivity index (χ1n) is 11.2. The van der Waals surface area contributed by atoms with E-state index in [9.17, 15) is 15.0 Å². The number of carboxylic acid groups (broad SMARTS) is 1. The lowest BCUT2D eigenvalue weighted by Crippen LogP contribution is -2.44. The van der Waals surface area contributed by atoms with Crippen molar-refractivity contribution in [2.75, 3.05) is 0 Å². The fraction of sp³-hybridized carbons (Fsp3) is 0.500. The maximum absolute atomic E-state index is 11.7. The smallest absolute Gasteiger partial charge is 0.309 e. The molecule has 0 saturated heterocycles. The molecule has 30 heavy (non-hydrogen) atoms. The Kier molecular flexibility index (Phi) is 4.85. The fourth-order valence-corrected chi connectivity index (χ4v) is 6.65. The number of hydrogen-bond acceptors (Lipinski definition) is 3. The van der Waals surface area contributed by atoms with Crippen LogP contribution in [0.5, 0.6) is 5.75 Å². The lowest BCUT2D eigenvalue weighted by molar-refractivity contribution is -0.146. The maximum atomic E-state index is 11.7. The van der Waals surface area contributed by atoms with E-state index in [2.05, 4.69) is 37.3 Å². The van der Waals surface area contributed by atoms with E-state index in [1.54, 1.807) is 0 Å². The highest BCUT2D eigenvalue weighted by atomic mass is 16.5.